The number of carbonyl (C=O) groups is 1. The van der Waals surface area contributed by atoms with E-state index in [4.69, 9.17) is 21.7 Å². The van der Waals surface area contributed by atoms with E-state index in [-0.39, 0.29) is 24.8 Å². The summed E-state index contributed by atoms with van der Waals surface area (Å²) in [7, 11) is 0. The number of benzene rings is 3. The zero-order valence-electron chi connectivity index (χ0n) is 18.9. The summed E-state index contributed by atoms with van der Waals surface area (Å²) in [5.74, 6) is -1.59. The van der Waals surface area contributed by atoms with Gasteiger partial charge in [-0.2, -0.15) is 0 Å². The lowest BCUT2D eigenvalue weighted by atomic mass is 10.1. The van der Waals surface area contributed by atoms with Gasteiger partial charge in [-0.1, -0.05) is 73.0 Å². The summed E-state index contributed by atoms with van der Waals surface area (Å²) in [6, 6.07) is 18.3. The summed E-state index contributed by atoms with van der Waals surface area (Å²) in [6.07, 6.45) is 1.66. The minimum Gasteiger partial charge on any atom is -0.511 e. The minimum absolute atomic E-state index is 0.0247. The monoisotopic (exact) mass is 525 g/mol. The molecule has 1 N–H and O–H groups in total. The second kappa shape index (κ2) is 11.4. The molecule has 3 aromatic carbocycles. The molecule has 0 radical (unpaired) electrons. The fourth-order valence-electron chi connectivity index (χ4n) is 3.34. The first-order chi connectivity index (χ1) is 17.3. The van der Waals surface area contributed by atoms with E-state index in [1.165, 1.54) is 11.0 Å². The quantitative estimate of drug-likeness (QED) is 0.198. The zero-order chi connectivity index (χ0) is 25.7. The van der Waals surface area contributed by atoms with Crippen molar-refractivity contribution in [3.63, 3.8) is 0 Å². The summed E-state index contributed by atoms with van der Waals surface area (Å²) in [5, 5.41) is 9.46. The molecule has 4 rings (SSSR count). The van der Waals surface area contributed by atoms with E-state index in [2.05, 4.69) is 6.58 Å². The van der Waals surface area contributed by atoms with Crippen molar-refractivity contribution in [3.8, 4) is 11.5 Å². The highest BCUT2D eigenvalue weighted by atomic mass is 32.2. The van der Waals surface area contributed by atoms with Crippen molar-refractivity contribution in [1.29, 1.82) is 0 Å². The molecule has 1 saturated heterocycles. The molecule has 1 aliphatic heterocycles. The maximum atomic E-state index is 13.6. The highest BCUT2D eigenvalue weighted by Gasteiger charge is 2.32. The largest absolute Gasteiger partial charge is 0.511 e. The number of hydrogen-bond donors (Lipinski definition) is 1. The van der Waals surface area contributed by atoms with Crippen molar-refractivity contribution in [2.24, 2.45) is 0 Å². The normalized spacial score (nSPS) is 14.4. The molecule has 1 fully saturated rings. The molecular formula is C27H21F2NO4S2. The van der Waals surface area contributed by atoms with Crippen molar-refractivity contribution in [2.45, 2.75) is 13.2 Å². The standard InChI is InChI=1S/C27H21F2NO4S2/c1-17(31)14-30-26(32)25(36-27(30)35)13-19-8-10-23(33-15-18-5-3-2-4-6-18)24(12-19)34-16-20-7-9-21(28)22(29)11-20/h2-13,31H,1,14-16H2/b25-13-. The van der Waals surface area contributed by atoms with Gasteiger partial charge in [-0.05, 0) is 47.0 Å². The summed E-state index contributed by atoms with van der Waals surface area (Å²) >= 11 is 6.36. The molecule has 0 unspecified atom stereocenters. The van der Waals surface area contributed by atoms with Gasteiger partial charge in [-0.15, -0.1) is 0 Å². The van der Waals surface area contributed by atoms with Crippen LogP contribution in [0.4, 0.5) is 8.78 Å². The number of aliphatic hydroxyl groups is 1. The van der Waals surface area contributed by atoms with Gasteiger partial charge in [0.25, 0.3) is 5.91 Å². The molecule has 1 aliphatic rings. The Morgan fingerprint density at radius 3 is 2.42 bits per heavy atom. The number of hydrogen-bond acceptors (Lipinski definition) is 6. The molecule has 3 aromatic rings. The third-order valence-electron chi connectivity index (χ3n) is 5.10. The van der Waals surface area contributed by atoms with Crippen LogP contribution >= 0.6 is 24.0 Å². The van der Waals surface area contributed by atoms with Crippen LogP contribution in [0.3, 0.4) is 0 Å². The van der Waals surface area contributed by atoms with E-state index in [9.17, 15) is 18.7 Å². The van der Waals surface area contributed by atoms with Crippen LogP contribution in [-0.2, 0) is 18.0 Å². The van der Waals surface area contributed by atoms with Crippen LogP contribution in [0, 0.1) is 11.6 Å². The highest BCUT2D eigenvalue weighted by molar-refractivity contribution is 8.26. The number of ether oxygens (including phenoxy) is 2. The van der Waals surface area contributed by atoms with E-state index in [1.54, 1.807) is 24.3 Å². The van der Waals surface area contributed by atoms with Crippen LogP contribution in [0.1, 0.15) is 16.7 Å². The average Bonchev–Trinajstić information content (AvgIpc) is 3.11. The van der Waals surface area contributed by atoms with Crippen LogP contribution in [0.2, 0.25) is 0 Å². The maximum absolute atomic E-state index is 13.6. The van der Waals surface area contributed by atoms with Crippen LogP contribution in [0.5, 0.6) is 11.5 Å². The van der Waals surface area contributed by atoms with Gasteiger partial charge >= 0.3 is 0 Å². The van der Waals surface area contributed by atoms with E-state index in [0.717, 1.165) is 29.5 Å². The van der Waals surface area contributed by atoms with E-state index in [1.807, 2.05) is 30.3 Å². The molecule has 9 heteroatoms. The second-order valence-corrected chi connectivity index (χ2v) is 9.53. The van der Waals surface area contributed by atoms with Crippen molar-refractivity contribution >= 4 is 40.3 Å². The molecular weight excluding hydrogens is 504 g/mol. The molecule has 36 heavy (non-hydrogen) atoms. The molecule has 5 nitrogen and oxygen atoms in total. The summed E-state index contributed by atoms with van der Waals surface area (Å²) < 4.78 is 39.1. The molecule has 0 bridgehead atoms. The number of aliphatic hydroxyl groups excluding tert-OH is 1. The number of nitrogens with zero attached hydrogens (tertiary/aromatic N) is 1. The maximum Gasteiger partial charge on any atom is 0.266 e. The number of halogens is 2. The number of amides is 1. The topological polar surface area (TPSA) is 59.0 Å². The fourth-order valence-corrected chi connectivity index (χ4v) is 4.60. The van der Waals surface area contributed by atoms with Crippen molar-refractivity contribution < 1.29 is 28.2 Å². The molecule has 1 amide bonds. The predicted molar refractivity (Wildman–Crippen MR) is 140 cm³/mol. The van der Waals surface area contributed by atoms with Gasteiger partial charge in [0.15, 0.2) is 23.1 Å². The summed E-state index contributed by atoms with van der Waals surface area (Å²) in [6.45, 7) is 3.61. The van der Waals surface area contributed by atoms with Crippen molar-refractivity contribution in [3.05, 3.63) is 112 Å². The molecule has 0 atom stereocenters. The van der Waals surface area contributed by atoms with Gasteiger partial charge in [0.05, 0.1) is 11.4 Å². The smallest absolute Gasteiger partial charge is 0.266 e. The Kier molecular flexibility index (Phi) is 8.02. The molecule has 0 aliphatic carbocycles. The van der Waals surface area contributed by atoms with Crippen molar-refractivity contribution in [1.82, 2.24) is 4.90 Å². The Balaban J connectivity index is 1.58. The van der Waals surface area contributed by atoms with E-state index < -0.39 is 11.6 Å². The van der Waals surface area contributed by atoms with Gasteiger partial charge in [0, 0.05) is 0 Å². The van der Waals surface area contributed by atoms with Crippen LogP contribution in [-0.4, -0.2) is 26.8 Å². The van der Waals surface area contributed by atoms with Crippen LogP contribution < -0.4 is 9.47 Å². The highest BCUT2D eigenvalue weighted by Crippen LogP contribution is 2.35. The first kappa shape index (κ1) is 25.4. The Hall–Kier alpha value is -3.69. The molecule has 184 valence electrons. The molecule has 0 spiro atoms. The molecule has 0 saturated carbocycles. The van der Waals surface area contributed by atoms with Gasteiger partial charge in [0.1, 0.15) is 23.3 Å². The summed E-state index contributed by atoms with van der Waals surface area (Å²) in [4.78, 5) is 14.4. The van der Waals surface area contributed by atoms with Gasteiger partial charge in [-0.25, -0.2) is 8.78 Å². The lowest BCUT2D eigenvalue weighted by Crippen LogP contribution is -2.29. The fraction of sp³-hybridized carbons (Fsp3) is 0.111. The third kappa shape index (κ3) is 6.30. The number of rotatable bonds is 9. The van der Waals surface area contributed by atoms with E-state index >= 15 is 0 Å². The Morgan fingerprint density at radius 2 is 1.69 bits per heavy atom. The zero-order valence-corrected chi connectivity index (χ0v) is 20.6. The number of thiocarbonyl (C=S) groups is 1. The van der Waals surface area contributed by atoms with E-state index in [0.29, 0.717) is 38.5 Å². The second-order valence-electron chi connectivity index (χ2n) is 7.85. The average molecular weight is 526 g/mol. The van der Waals surface area contributed by atoms with Crippen LogP contribution in [0.15, 0.2) is 84.0 Å². The first-order valence-electron chi connectivity index (χ1n) is 10.8. The summed E-state index contributed by atoms with van der Waals surface area (Å²) in [5.41, 5.74) is 2.05. The lowest BCUT2D eigenvalue weighted by Gasteiger charge is -2.14. The third-order valence-corrected chi connectivity index (χ3v) is 6.47. The lowest BCUT2D eigenvalue weighted by molar-refractivity contribution is -0.122. The molecule has 1 heterocycles. The minimum atomic E-state index is -0.960. The van der Waals surface area contributed by atoms with Gasteiger partial charge in [0.2, 0.25) is 0 Å². The Labute approximate surface area is 216 Å². The Morgan fingerprint density at radius 1 is 0.972 bits per heavy atom. The van der Waals surface area contributed by atoms with Gasteiger partial charge < -0.3 is 14.6 Å². The molecule has 0 aromatic heterocycles. The number of carbonyl (C=O) groups excluding carboxylic acids is 1. The van der Waals surface area contributed by atoms with Gasteiger partial charge in [-0.3, -0.25) is 9.69 Å². The Bertz CT molecular complexity index is 1340. The number of thioether (sulfide) groups is 1. The predicted octanol–water partition coefficient (Wildman–Crippen LogP) is 6.40. The SMILES string of the molecule is C=C(O)CN1C(=O)/C(=C/c2ccc(OCc3ccccc3)c(OCc3ccc(F)c(F)c3)c2)SC1=S. The van der Waals surface area contributed by atoms with Crippen LogP contribution in [0.25, 0.3) is 6.08 Å². The first-order valence-corrected chi connectivity index (χ1v) is 12.0. The van der Waals surface area contributed by atoms with Crippen molar-refractivity contribution in [2.75, 3.05) is 6.54 Å².